The molecule has 1 aromatic carbocycles. The van der Waals surface area contributed by atoms with E-state index in [4.69, 9.17) is 4.74 Å². The number of carbonyl (C=O) groups excluding carboxylic acids is 1. The average Bonchev–Trinajstić information content (AvgIpc) is 2.44. The molecule has 0 heterocycles. The number of amides is 1. The SMILES string of the molecule is CCN(CC(C)(C)O)C(=O)/C=C(/C)Cc1ccccc1OC. The van der Waals surface area contributed by atoms with Gasteiger partial charge in [0.15, 0.2) is 0 Å². The molecule has 22 heavy (non-hydrogen) atoms. The molecule has 0 saturated carbocycles. The van der Waals surface area contributed by atoms with Gasteiger partial charge in [-0.1, -0.05) is 23.8 Å². The van der Waals surface area contributed by atoms with Crippen LogP contribution in [0.3, 0.4) is 0 Å². The second-order valence-electron chi connectivity index (χ2n) is 6.14. The van der Waals surface area contributed by atoms with Gasteiger partial charge in [0.2, 0.25) is 5.91 Å². The van der Waals surface area contributed by atoms with Crippen molar-refractivity contribution >= 4 is 5.91 Å². The van der Waals surface area contributed by atoms with Crippen LogP contribution >= 0.6 is 0 Å². The van der Waals surface area contributed by atoms with Crippen molar-refractivity contribution in [1.29, 1.82) is 0 Å². The number of benzene rings is 1. The molecule has 1 amide bonds. The van der Waals surface area contributed by atoms with E-state index in [1.54, 1.807) is 31.9 Å². The molecule has 1 N–H and O–H groups in total. The number of allylic oxidation sites excluding steroid dienone is 1. The van der Waals surface area contributed by atoms with Crippen LogP contribution in [0.5, 0.6) is 5.75 Å². The molecular weight excluding hydrogens is 278 g/mol. The van der Waals surface area contributed by atoms with Crippen LogP contribution in [0, 0.1) is 0 Å². The Hall–Kier alpha value is -1.81. The lowest BCUT2D eigenvalue weighted by Gasteiger charge is -2.27. The molecule has 1 rings (SSSR count). The zero-order chi connectivity index (χ0) is 16.8. The topological polar surface area (TPSA) is 49.8 Å². The van der Waals surface area contributed by atoms with Crippen LogP contribution in [0.1, 0.15) is 33.3 Å². The van der Waals surface area contributed by atoms with Crippen LogP contribution in [-0.4, -0.2) is 41.7 Å². The van der Waals surface area contributed by atoms with Gasteiger partial charge in [0.05, 0.1) is 12.7 Å². The predicted octanol–water partition coefficient (Wildman–Crippen LogP) is 2.80. The molecule has 0 fully saturated rings. The van der Waals surface area contributed by atoms with E-state index in [0.717, 1.165) is 16.9 Å². The highest BCUT2D eigenvalue weighted by Crippen LogP contribution is 2.20. The lowest BCUT2D eigenvalue weighted by Crippen LogP contribution is -2.41. The number of likely N-dealkylation sites (N-methyl/N-ethyl adjacent to an activating group) is 1. The molecule has 0 atom stereocenters. The van der Waals surface area contributed by atoms with Crippen molar-refractivity contribution in [3.63, 3.8) is 0 Å². The van der Waals surface area contributed by atoms with E-state index in [2.05, 4.69) is 0 Å². The monoisotopic (exact) mass is 305 g/mol. The van der Waals surface area contributed by atoms with Crippen LogP contribution in [0.15, 0.2) is 35.9 Å². The van der Waals surface area contributed by atoms with Crippen molar-refractivity contribution < 1.29 is 14.6 Å². The molecule has 0 spiro atoms. The van der Waals surface area contributed by atoms with Gasteiger partial charge < -0.3 is 14.7 Å². The third-order valence-corrected chi connectivity index (χ3v) is 3.30. The second-order valence-corrected chi connectivity index (χ2v) is 6.14. The van der Waals surface area contributed by atoms with Gasteiger partial charge in [-0.25, -0.2) is 0 Å². The summed E-state index contributed by atoms with van der Waals surface area (Å²) in [6.07, 6.45) is 2.30. The summed E-state index contributed by atoms with van der Waals surface area (Å²) >= 11 is 0. The first-order valence-electron chi connectivity index (χ1n) is 7.57. The Balaban J connectivity index is 2.80. The number of hydrogen-bond acceptors (Lipinski definition) is 3. The number of aliphatic hydroxyl groups is 1. The quantitative estimate of drug-likeness (QED) is 0.788. The van der Waals surface area contributed by atoms with Crippen molar-refractivity contribution in [1.82, 2.24) is 4.90 Å². The summed E-state index contributed by atoms with van der Waals surface area (Å²) < 4.78 is 5.33. The number of nitrogens with zero attached hydrogens (tertiary/aromatic N) is 1. The Labute approximate surface area is 133 Å². The molecule has 0 bridgehead atoms. The first kappa shape index (κ1) is 18.2. The molecule has 122 valence electrons. The van der Waals surface area contributed by atoms with E-state index in [9.17, 15) is 9.90 Å². The minimum absolute atomic E-state index is 0.0722. The third-order valence-electron chi connectivity index (χ3n) is 3.30. The van der Waals surface area contributed by atoms with E-state index < -0.39 is 5.60 Å². The Morgan fingerprint density at radius 2 is 2.00 bits per heavy atom. The Bertz CT molecular complexity index is 529. The van der Waals surface area contributed by atoms with Crippen LogP contribution in [0.2, 0.25) is 0 Å². The minimum atomic E-state index is -0.893. The normalized spacial score (nSPS) is 12.2. The number of hydrogen-bond donors (Lipinski definition) is 1. The van der Waals surface area contributed by atoms with Crippen LogP contribution in [0.4, 0.5) is 0 Å². The average molecular weight is 305 g/mol. The lowest BCUT2D eigenvalue weighted by atomic mass is 10.0. The maximum atomic E-state index is 12.3. The fraction of sp³-hybridized carbons (Fsp3) is 0.500. The summed E-state index contributed by atoms with van der Waals surface area (Å²) in [6.45, 7) is 8.14. The summed E-state index contributed by atoms with van der Waals surface area (Å²) in [4.78, 5) is 14.0. The summed E-state index contributed by atoms with van der Waals surface area (Å²) in [5.41, 5.74) is 1.12. The highest BCUT2D eigenvalue weighted by Gasteiger charge is 2.20. The molecular formula is C18H27NO3. The summed E-state index contributed by atoms with van der Waals surface area (Å²) in [7, 11) is 1.64. The Morgan fingerprint density at radius 3 is 2.55 bits per heavy atom. The van der Waals surface area contributed by atoms with Gasteiger partial charge in [0, 0.05) is 19.2 Å². The van der Waals surface area contributed by atoms with Gasteiger partial charge in [0.25, 0.3) is 0 Å². The van der Waals surface area contributed by atoms with Gasteiger partial charge in [-0.3, -0.25) is 4.79 Å². The zero-order valence-corrected chi connectivity index (χ0v) is 14.2. The van der Waals surface area contributed by atoms with Gasteiger partial charge in [-0.05, 0) is 45.7 Å². The fourth-order valence-electron chi connectivity index (χ4n) is 2.32. The van der Waals surface area contributed by atoms with Crippen LogP contribution < -0.4 is 4.74 Å². The van der Waals surface area contributed by atoms with Crippen molar-refractivity contribution in [2.24, 2.45) is 0 Å². The molecule has 0 aliphatic carbocycles. The maximum Gasteiger partial charge on any atom is 0.246 e. The van der Waals surface area contributed by atoms with E-state index in [1.807, 2.05) is 38.1 Å². The summed E-state index contributed by atoms with van der Waals surface area (Å²) in [6, 6.07) is 7.79. The maximum absolute atomic E-state index is 12.3. The minimum Gasteiger partial charge on any atom is -0.496 e. The van der Waals surface area contributed by atoms with Gasteiger partial charge in [-0.15, -0.1) is 0 Å². The van der Waals surface area contributed by atoms with Gasteiger partial charge in [-0.2, -0.15) is 0 Å². The third kappa shape index (κ3) is 5.90. The molecule has 0 radical (unpaired) electrons. The first-order chi connectivity index (χ1) is 10.3. The summed E-state index contributed by atoms with van der Waals surface area (Å²) in [5.74, 6) is 0.753. The molecule has 0 saturated heterocycles. The number of para-hydroxylation sites is 1. The van der Waals surface area contributed by atoms with Gasteiger partial charge >= 0.3 is 0 Å². The number of rotatable bonds is 7. The van der Waals surface area contributed by atoms with Crippen LogP contribution in [0.25, 0.3) is 0 Å². The number of ether oxygens (including phenoxy) is 1. The Morgan fingerprint density at radius 1 is 1.36 bits per heavy atom. The van der Waals surface area contributed by atoms with E-state index in [-0.39, 0.29) is 5.91 Å². The molecule has 1 aromatic rings. The van der Waals surface area contributed by atoms with Crippen molar-refractivity contribution in [2.45, 2.75) is 39.7 Å². The number of carbonyl (C=O) groups is 1. The summed E-state index contributed by atoms with van der Waals surface area (Å²) in [5, 5.41) is 9.87. The molecule has 0 aromatic heterocycles. The molecule has 4 nitrogen and oxygen atoms in total. The van der Waals surface area contributed by atoms with Crippen molar-refractivity contribution in [3.05, 3.63) is 41.5 Å². The zero-order valence-electron chi connectivity index (χ0n) is 14.2. The first-order valence-corrected chi connectivity index (χ1v) is 7.57. The van der Waals surface area contributed by atoms with E-state index in [1.165, 1.54) is 0 Å². The highest BCUT2D eigenvalue weighted by atomic mass is 16.5. The van der Waals surface area contributed by atoms with E-state index >= 15 is 0 Å². The van der Waals surface area contributed by atoms with Crippen LogP contribution in [-0.2, 0) is 11.2 Å². The largest absolute Gasteiger partial charge is 0.496 e. The smallest absolute Gasteiger partial charge is 0.246 e. The lowest BCUT2D eigenvalue weighted by molar-refractivity contribution is -0.128. The number of methoxy groups -OCH3 is 1. The highest BCUT2D eigenvalue weighted by molar-refractivity contribution is 5.88. The van der Waals surface area contributed by atoms with Crippen molar-refractivity contribution in [3.8, 4) is 5.75 Å². The molecule has 4 heteroatoms. The van der Waals surface area contributed by atoms with E-state index in [0.29, 0.717) is 19.5 Å². The molecule has 0 aliphatic rings. The standard InChI is InChI=1S/C18H27NO3/c1-6-19(13-18(3,4)21)17(20)12-14(2)11-15-9-7-8-10-16(15)22-5/h7-10,12,21H,6,11,13H2,1-5H3/b14-12-. The molecule has 0 unspecified atom stereocenters. The Kier molecular flexibility index (Phi) is 6.62. The predicted molar refractivity (Wildman–Crippen MR) is 89.0 cm³/mol. The van der Waals surface area contributed by atoms with Crippen molar-refractivity contribution in [2.75, 3.05) is 20.2 Å². The van der Waals surface area contributed by atoms with Gasteiger partial charge in [0.1, 0.15) is 5.75 Å². The fourth-order valence-corrected chi connectivity index (χ4v) is 2.32. The molecule has 0 aliphatic heterocycles. The second kappa shape index (κ2) is 7.99.